The van der Waals surface area contributed by atoms with Crippen molar-refractivity contribution in [3.8, 4) is 5.75 Å². The Morgan fingerprint density at radius 1 is 1.07 bits per heavy atom. The molecule has 0 unspecified atom stereocenters. The van der Waals surface area contributed by atoms with Crippen LogP contribution in [0.25, 0.3) is 0 Å². The van der Waals surface area contributed by atoms with Crippen LogP contribution in [0, 0.1) is 13.8 Å². The topological polar surface area (TPSA) is 72.6 Å². The molecule has 0 heterocycles. The summed E-state index contributed by atoms with van der Waals surface area (Å²) in [6.07, 6.45) is 0.824. The zero-order chi connectivity index (χ0) is 19.8. The highest BCUT2D eigenvalue weighted by Crippen LogP contribution is 2.25. The highest BCUT2D eigenvalue weighted by atomic mass is 35.5. The lowest BCUT2D eigenvalue weighted by Crippen LogP contribution is -2.38. The van der Waals surface area contributed by atoms with Gasteiger partial charge in [0.05, 0.1) is 0 Å². The molecule has 5 nitrogen and oxygen atoms in total. The van der Waals surface area contributed by atoms with Crippen molar-refractivity contribution < 1.29 is 14.3 Å². The van der Waals surface area contributed by atoms with E-state index in [2.05, 4.69) is 0 Å². The molecule has 0 aromatic heterocycles. The van der Waals surface area contributed by atoms with Crippen LogP contribution in [-0.4, -0.2) is 36.4 Å². The van der Waals surface area contributed by atoms with Crippen molar-refractivity contribution in [1.82, 2.24) is 4.90 Å². The van der Waals surface area contributed by atoms with E-state index in [9.17, 15) is 9.59 Å². The standard InChI is InChI=1S/C21H25ClN2O3/c1-15-12-18(13-16(2)21(15)22)27-14-20(26)24(11-9-19(23)25)10-8-17-6-4-3-5-7-17/h3-7,12-13H,8-11,14H2,1-2H3,(H2,23,25). The molecule has 0 aliphatic carbocycles. The molecule has 0 fully saturated rings. The predicted molar refractivity (Wildman–Crippen MR) is 107 cm³/mol. The molecule has 2 aromatic carbocycles. The van der Waals surface area contributed by atoms with Crippen LogP contribution in [0.2, 0.25) is 5.02 Å². The summed E-state index contributed by atoms with van der Waals surface area (Å²) in [4.78, 5) is 25.4. The third-order valence-corrected chi connectivity index (χ3v) is 4.86. The molecule has 0 aliphatic heterocycles. The van der Waals surface area contributed by atoms with Crippen molar-refractivity contribution in [1.29, 1.82) is 0 Å². The zero-order valence-corrected chi connectivity index (χ0v) is 16.5. The smallest absolute Gasteiger partial charge is 0.260 e. The largest absolute Gasteiger partial charge is 0.484 e. The molecule has 0 spiro atoms. The number of hydrogen-bond acceptors (Lipinski definition) is 3. The highest BCUT2D eigenvalue weighted by Gasteiger charge is 2.16. The van der Waals surface area contributed by atoms with Crippen molar-refractivity contribution in [3.05, 3.63) is 64.2 Å². The Bertz CT molecular complexity index is 770. The minimum Gasteiger partial charge on any atom is -0.484 e. The first kappa shape index (κ1) is 20.8. The minimum atomic E-state index is -0.433. The van der Waals surface area contributed by atoms with Crippen LogP contribution < -0.4 is 10.5 Å². The van der Waals surface area contributed by atoms with Crippen LogP contribution in [0.1, 0.15) is 23.1 Å². The molecule has 0 atom stereocenters. The van der Waals surface area contributed by atoms with Gasteiger partial charge in [0.15, 0.2) is 6.61 Å². The molecule has 2 N–H and O–H groups in total. The van der Waals surface area contributed by atoms with Crippen LogP contribution in [0.15, 0.2) is 42.5 Å². The summed E-state index contributed by atoms with van der Waals surface area (Å²) in [5.41, 5.74) is 8.16. The number of hydrogen-bond donors (Lipinski definition) is 1. The van der Waals surface area contributed by atoms with Crippen LogP contribution in [-0.2, 0) is 16.0 Å². The number of halogens is 1. The van der Waals surface area contributed by atoms with Crippen molar-refractivity contribution in [3.63, 3.8) is 0 Å². The Balaban J connectivity index is 1.98. The minimum absolute atomic E-state index is 0.103. The van der Waals surface area contributed by atoms with E-state index in [1.54, 1.807) is 17.0 Å². The fourth-order valence-electron chi connectivity index (χ4n) is 2.74. The first-order chi connectivity index (χ1) is 12.9. The molecule has 0 saturated carbocycles. The number of rotatable bonds is 9. The SMILES string of the molecule is Cc1cc(OCC(=O)N(CCC(N)=O)CCc2ccccc2)cc(C)c1Cl. The predicted octanol–water partition coefficient (Wildman–Crippen LogP) is 3.28. The molecule has 0 saturated heterocycles. The summed E-state index contributed by atoms with van der Waals surface area (Å²) in [5, 5.41) is 0.694. The summed E-state index contributed by atoms with van der Waals surface area (Å²) >= 11 is 6.16. The molecule has 2 aromatic rings. The maximum Gasteiger partial charge on any atom is 0.260 e. The number of amides is 2. The van der Waals surface area contributed by atoms with Crippen molar-refractivity contribution >= 4 is 23.4 Å². The van der Waals surface area contributed by atoms with E-state index in [-0.39, 0.29) is 25.5 Å². The van der Waals surface area contributed by atoms with Gasteiger partial charge in [-0.15, -0.1) is 0 Å². The van der Waals surface area contributed by atoms with E-state index in [1.165, 1.54) is 0 Å². The fourth-order valence-corrected chi connectivity index (χ4v) is 2.85. The second kappa shape index (κ2) is 9.97. The molecule has 6 heteroatoms. The molecule has 2 rings (SSSR count). The molecule has 2 amide bonds. The Morgan fingerprint density at radius 3 is 2.30 bits per heavy atom. The molecule has 144 valence electrons. The third-order valence-electron chi connectivity index (χ3n) is 4.27. The van der Waals surface area contributed by atoms with E-state index in [0.29, 0.717) is 23.7 Å². The van der Waals surface area contributed by atoms with Gasteiger partial charge in [0.25, 0.3) is 5.91 Å². The van der Waals surface area contributed by atoms with Crippen molar-refractivity contribution in [2.24, 2.45) is 5.73 Å². The Labute approximate surface area is 165 Å². The van der Waals surface area contributed by atoms with Gasteiger partial charge in [-0.3, -0.25) is 9.59 Å². The van der Waals surface area contributed by atoms with Gasteiger partial charge in [-0.25, -0.2) is 0 Å². The first-order valence-electron chi connectivity index (χ1n) is 8.86. The molecular formula is C21H25ClN2O3. The van der Waals surface area contributed by atoms with Crippen LogP contribution in [0.5, 0.6) is 5.75 Å². The second-order valence-corrected chi connectivity index (χ2v) is 6.87. The van der Waals surface area contributed by atoms with Crippen LogP contribution >= 0.6 is 11.6 Å². The van der Waals surface area contributed by atoms with Crippen LogP contribution in [0.4, 0.5) is 0 Å². The Kier molecular flexibility index (Phi) is 7.67. The van der Waals surface area contributed by atoms with E-state index in [0.717, 1.165) is 16.7 Å². The fraction of sp³-hybridized carbons (Fsp3) is 0.333. The van der Waals surface area contributed by atoms with E-state index >= 15 is 0 Å². The normalized spacial score (nSPS) is 10.5. The second-order valence-electron chi connectivity index (χ2n) is 6.49. The Morgan fingerprint density at radius 2 is 1.70 bits per heavy atom. The lowest BCUT2D eigenvalue weighted by Gasteiger charge is -2.22. The van der Waals surface area contributed by atoms with Gasteiger partial charge in [-0.1, -0.05) is 41.9 Å². The number of benzene rings is 2. The zero-order valence-electron chi connectivity index (χ0n) is 15.7. The van der Waals surface area contributed by atoms with Gasteiger partial charge >= 0.3 is 0 Å². The van der Waals surface area contributed by atoms with Crippen molar-refractivity contribution in [2.45, 2.75) is 26.7 Å². The number of aryl methyl sites for hydroxylation is 2. The monoisotopic (exact) mass is 388 g/mol. The molecular weight excluding hydrogens is 364 g/mol. The van der Waals surface area contributed by atoms with Gasteiger partial charge in [0.1, 0.15) is 5.75 Å². The van der Waals surface area contributed by atoms with E-state index in [4.69, 9.17) is 22.1 Å². The average molecular weight is 389 g/mol. The first-order valence-corrected chi connectivity index (χ1v) is 9.24. The maximum atomic E-state index is 12.6. The lowest BCUT2D eigenvalue weighted by molar-refractivity contribution is -0.133. The molecule has 0 radical (unpaired) electrons. The van der Waals surface area contributed by atoms with Gasteiger partial charge in [-0.2, -0.15) is 0 Å². The number of nitrogens with two attached hydrogens (primary N) is 1. The number of carbonyl (C=O) groups excluding carboxylic acids is 2. The molecule has 0 bridgehead atoms. The lowest BCUT2D eigenvalue weighted by atomic mass is 10.1. The van der Waals surface area contributed by atoms with E-state index < -0.39 is 5.91 Å². The number of carbonyl (C=O) groups is 2. The van der Waals surface area contributed by atoms with Gasteiger partial charge in [0.2, 0.25) is 5.91 Å². The number of primary amides is 1. The van der Waals surface area contributed by atoms with Gasteiger partial charge in [0, 0.05) is 24.5 Å². The summed E-state index contributed by atoms with van der Waals surface area (Å²) in [7, 11) is 0. The number of nitrogens with zero attached hydrogens (tertiary/aromatic N) is 1. The number of ether oxygens (including phenoxy) is 1. The molecule has 0 aliphatic rings. The van der Waals surface area contributed by atoms with E-state index in [1.807, 2.05) is 44.2 Å². The van der Waals surface area contributed by atoms with Gasteiger partial charge < -0.3 is 15.4 Å². The summed E-state index contributed by atoms with van der Waals surface area (Å²) in [5.74, 6) is -0.0181. The third kappa shape index (κ3) is 6.61. The summed E-state index contributed by atoms with van der Waals surface area (Å²) < 4.78 is 5.66. The average Bonchev–Trinajstić information content (AvgIpc) is 2.64. The van der Waals surface area contributed by atoms with Crippen LogP contribution in [0.3, 0.4) is 0 Å². The maximum absolute atomic E-state index is 12.6. The highest BCUT2D eigenvalue weighted by molar-refractivity contribution is 6.32. The van der Waals surface area contributed by atoms with Crippen molar-refractivity contribution in [2.75, 3.05) is 19.7 Å². The summed E-state index contributed by atoms with van der Waals surface area (Å²) in [6.45, 7) is 4.46. The quantitative estimate of drug-likeness (QED) is 0.716. The van der Waals surface area contributed by atoms with Gasteiger partial charge in [-0.05, 0) is 49.1 Å². The molecule has 27 heavy (non-hydrogen) atoms. The Hall–Kier alpha value is -2.53. The summed E-state index contributed by atoms with van der Waals surface area (Å²) in [6, 6.07) is 13.5.